The Kier molecular flexibility index (Phi) is 26.8. The van der Waals surface area contributed by atoms with Crippen LogP contribution in [0.4, 0.5) is 0 Å². The van der Waals surface area contributed by atoms with Crippen molar-refractivity contribution in [3.05, 3.63) is 0 Å². The zero-order valence-electron chi connectivity index (χ0n) is 38.9. The van der Waals surface area contributed by atoms with Gasteiger partial charge >= 0.3 is 5.97 Å². The number of carbonyl (C=O) groups excluding carboxylic acids is 8. The van der Waals surface area contributed by atoms with Crippen LogP contribution < -0.4 is 49.1 Å². The Morgan fingerprint density at radius 2 is 1.22 bits per heavy atom. The van der Waals surface area contributed by atoms with Crippen LogP contribution in [0.5, 0.6) is 0 Å². The number of esters is 1. The van der Waals surface area contributed by atoms with E-state index < -0.39 is 114 Å². The molecule has 1 heterocycles. The summed E-state index contributed by atoms with van der Waals surface area (Å²) >= 11 is 0. The second-order valence-electron chi connectivity index (χ2n) is 17.3. The smallest absolute Gasteiger partial charge is 0.328 e. The molecule has 0 aromatic rings. The first-order valence-corrected chi connectivity index (χ1v) is 22.8. The van der Waals surface area contributed by atoms with Crippen molar-refractivity contribution in [2.45, 2.75) is 199 Å². The number of guanidine groups is 1. The van der Waals surface area contributed by atoms with E-state index in [1.807, 2.05) is 0 Å². The molecule has 0 aromatic heterocycles. The highest BCUT2D eigenvalue weighted by atomic mass is 16.5. The van der Waals surface area contributed by atoms with E-state index in [9.17, 15) is 48.6 Å². The average Bonchev–Trinajstić information content (AvgIpc) is 3.21. The minimum atomic E-state index is -1.64. The summed E-state index contributed by atoms with van der Waals surface area (Å²) in [5, 5.41) is 36.4. The molecule has 10 atom stereocenters. The first-order chi connectivity index (χ1) is 30.1. The van der Waals surface area contributed by atoms with Gasteiger partial charge in [-0.2, -0.15) is 0 Å². The van der Waals surface area contributed by atoms with Crippen molar-refractivity contribution >= 4 is 53.3 Å². The number of primary amides is 1. The van der Waals surface area contributed by atoms with Crippen LogP contribution in [0.25, 0.3) is 0 Å². The van der Waals surface area contributed by atoms with Gasteiger partial charge in [-0.25, -0.2) is 4.79 Å². The lowest BCUT2D eigenvalue weighted by Gasteiger charge is -2.31. The third kappa shape index (κ3) is 22.0. The Morgan fingerprint density at radius 3 is 1.75 bits per heavy atom. The van der Waals surface area contributed by atoms with Crippen LogP contribution in [-0.4, -0.2) is 125 Å². The molecule has 1 fully saturated rings. The van der Waals surface area contributed by atoms with E-state index in [0.29, 0.717) is 25.8 Å². The number of cyclic esters (lactones) is 1. The summed E-state index contributed by atoms with van der Waals surface area (Å²) in [4.78, 5) is 111. The molecule has 21 nitrogen and oxygen atoms in total. The lowest BCUT2D eigenvalue weighted by atomic mass is 9.95. The number of nitrogens with two attached hydrogens (primary N) is 3. The number of amides is 7. The van der Waals surface area contributed by atoms with E-state index >= 15 is 0 Å². The van der Waals surface area contributed by atoms with E-state index in [1.165, 1.54) is 20.8 Å². The molecule has 1 rings (SSSR count). The molecule has 10 unspecified atom stereocenters. The van der Waals surface area contributed by atoms with E-state index in [-0.39, 0.29) is 25.2 Å². The van der Waals surface area contributed by atoms with E-state index in [1.54, 1.807) is 27.7 Å². The monoisotopic (exact) mass is 911 g/mol. The molecule has 14 N–H and O–H groups in total. The number of nitrogens with zero attached hydrogens (tertiary/aromatic N) is 1. The first kappa shape index (κ1) is 57.0. The van der Waals surface area contributed by atoms with Crippen molar-refractivity contribution in [1.29, 1.82) is 0 Å². The van der Waals surface area contributed by atoms with Crippen molar-refractivity contribution in [2.75, 3.05) is 6.54 Å². The van der Waals surface area contributed by atoms with Crippen molar-refractivity contribution in [1.82, 2.24) is 31.9 Å². The predicted molar refractivity (Wildman–Crippen MR) is 239 cm³/mol. The van der Waals surface area contributed by atoms with Crippen LogP contribution >= 0.6 is 0 Å². The molecule has 0 aliphatic carbocycles. The zero-order chi connectivity index (χ0) is 48.5. The number of aliphatic hydroxyl groups is 2. The Bertz CT molecular complexity index is 1560. The molecule has 1 saturated heterocycles. The number of aliphatic imine (C=N–C) groups is 1. The molecule has 1 aliphatic heterocycles. The lowest BCUT2D eigenvalue weighted by molar-refractivity contribution is -0.155. The highest BCUT2D eigenvalue weighted by Crippen LogP contribution is 2.15. The number of carbonyl (C=O) groups is 8. The van der Waals surface area contributed by atoms with Crippen molar-refractivity contribution in [2.24, 2.45) is 34.0 Å². The number of hydrogen-bond donors (Lipinski definition) is 11. The standard InChI is InChI=1S/C43H78N10O11/c1-8-25(4)34-39(60)53-35(27(6)54)40(61)49-30(20-21-31(44)56)37(58)48-26(5)42(63)64-28(7)36(41(62)51-33(24(2)3)38(59)52-34)50-32(57)23-29(55)19-17-15-13-11-9-10-12-14-16-18-22-47-43(45)46/h24-30,33-36,54-55H,8-23H2,1-7H3,(H2,44,56)(H,48,58)(H,49,61)(H,50,57)(H,51,62)(H,52,59)(H,53,60)(H4,45,46,47). The Labute approximate surface area is 377 Å². The fourth-order valence-corrected chi connectivity index (χ4v) is 6.97. The molecule has 0 bridgehead atoms. The molecular formula is C43H78N10O11. The fourth-order valence-electron chi connectivity index (χ4n) is 6.97. The maximum Gasteiger partial charge on any atom is 0.328 e. The summed E-state index contributed by atoms with van der Waals surface area (Å²) in [6.07, 6.45) is 5.81. The predicted octanol–water partition coefficient (Wildman–Crippen LogP) is -0.476. The summed E-state index contributed by atoms with van der Waals surface area (Å²) in [7, 11) is 0. The van der Waals surface area contributed by atoms with E-state index in [0.717, 1.165) is 57.8 Å². The van der Waals surface area contributed by atoms with Crippen LogP contribution in [-0.2, 0) is 43.1 Å². The van der Waals surface area contributed by atoms with Gasteiger partial charge in [0.25, 0.3) is 0 Å². The molecule has 366 valence electrons. The van der Waals surface area contributed by atoms with Crippen molar-refractivity contribution in [3.8, 4) is 0 Å². The van der Waals surface area contributed by atoms with Gasteiger partial charge in [-0.05, 0) is 51.9 Å². The maximum atomic E-state index is 14.0. The molecule has 0 radical (unpaired) electrons. The van der Waals surface area contributed by atoms with Crippen LogP contribution in [0.3, 0.4) is 0 Å². The number of hydrogen-bond acceptors (Lipinski definition) is 12. The Hall–Kier alpha value is -5.05. The first-order valence-electron chi connectivity index (χ1n) is 22.8. The van der Waals surface area contributed by atoms with Crippen molar-refractivity contribution in [3.63, 3.8) is 0 Å². The van der Waals surface area contributed by atoms with Crippen LogP contribution in [0.1, 0.15) is 145 Å². The molecule has 1 aliphatic rings. The summed E-state index contributed by atoms with van der Waals surface area (Å²) in [5.74, 6) is -8.06. The fraction of sp³-hybridized carbons (Fsp3) is 0.791. The number of ether oxygens (including phenoxy) is 1. The third-order valence-corrected chi connectivity index (χ3v) is 11.2. The van der Waals surface area contributed by atoms with Gasteiger partial charge in [0.15, 0.2) is 5.96 Å². The molecule has 0 saturated carbocycles. The van der Waals surface area contributed by atoms with Crippen LogP contribution in [0.2, 0.25) is 0 Å². The third-order valence-electron chi connectivity index (χ3n) is 11.2. The normalized spacial score (nSPS) is 24.5. The van der Waals surface area contributed by atoms with Gasteiger partial charge in [0.05, 0.1) is 18.6 Å². The number of aliphatic hydroxyl groups excluding tert-OH is 2. The van der Waals surface area contributed by atoms with Crippen LogP contribution in [0.15, 0.2) is 4.99 Å². The van der Waals surface area contributed by atoms with Gasteiger partial charge in [0, 0.05) is 13.0 Å². The number of rotatable bonds is 23. The number of unbranched alkanes of at least 4 members (excludes halogenated alkanes) is 9. The molecule has 7 amide bonds. The molecule has 0 aromatic carbocycles. The largest absolute Gasteiger partial charge is 0.458 e. The van der Waals surface area contributed by atoms with E-state index in [4.69, 9.17) is 21.9 Å². The average molecular weight is 911 g/mol. The topological polar surface area (TPSA) is 349 Å². The highest BCUT2D eigenvalue weighted by molar-refractivity contribution is 5.97. The maximum absolute atomic E-state index is 14.0. The quantitative estimate of drug-likeness (QED) is 0.0268. The summed E-state index contributed by atoms with van der Waals surface area (Å²) < 4.78 is 5.57. The second kappa shape index (κ2) is 30.2. The lowest BCUT2D eigenvalue weighted by Crippen LogP contribution is -2.63. The summed E-state index contributed by atoms with van der Waals surface area (Å²) in [6, 6.07) is -8.68. The molecule has 64 heavy (non-hydrogen) atoms. The van der Waals surface area contributed by atoms with Crippen molar-refractivity contribution < 1.29 is 53.3 Å². The van der Waals surface area contributed by atoms with Gasteiger partial charge in [0.2, 0.25) is 41.4 Å². The Balaban J connectivity index is 3.25. The Morgan fingerprint density at radius 1 is 0.703 bits per heavy atom. The van der Waals surface area contributed by atoms with Gasteiger partial charge in [0.1, 0.15) is 42.4 Å². The highest BCUT2D eigenvalue weighted by Gasteiger charge is 2.39. The summed E-state index contributed by atoms with van der Waals surface area (Å²) in [5.41, 5.74) is 16.0. The molecular weight excluding hydrogens is 833 g/mol. The SMILES string of the molecule is CCC(C)C1NC(=O)C(C(C)C)NC(=O)C(NC(=O)CC(O)CCCCCCCCCCCCN=C(N)N)C(C)OC(=O)C(C)NC(=O)C(CCC(N)=O)NC(=O)C(C(C)O)NC1=O. The number of nitrogens with one attached hydrogen (secondary N) is 6. The second-order valence-corrected chi connectivity index (χ2v) is 17.3. The zero-order valence-corrected chi connectivity index (χ0v) is 38.9. The molecule has 0 spiro atoms. The van der Waals surface area contributed by atoms with Gasteiger partial charge in [-0.1, -0.05) is 91.9 Å². The molecule has 21 heteroatoms. The van der Waals surface area contributed by atoms with Gasteiger partial charge in [-0.15, -0.1) is 0 Å². The minimum absolute atomic E-state index is 0.113. The van der Waals surface area contributed by atoms with Gasteiger partial charge in [-0.3, -0.25) is 38.6 Å². The summed E-state index contributed by atoms with van der Waals surface area (Å²) in [6.45, 7) is 11.2. The van der Waals surface area contributed by atoms with Gasteiger partial charge < -0.3 is 64.1 Å². The minimum Gasteiger partial charge on any atom is -0.458 e. The van der Waals surface area contributed by atoms with Crippen LogP contribution in [0, 0.1) is 11.8 Å². The van der Waals surface area contributed by atoms with E-state index in [2.05, 4.69) is 36.9 Å².